The highest BCUT2D eigenvalue weighted by Crippen LogP contribution is 2.58. The van der Waals surface area contributed by atoms with Crippen LogP contribution in [0.3, 0.4) is 0 Å². The van der Waals surface area contributed by atoms with Crippen LogP contribution in [0.25, 0.3) is 5.76 Å². The van der Waals surface area contributed by atoms with Gasteiger partial charge in [-0.25, -0.2) is 0 Å². The van der Waals surface area contributed by atoms with Crippen LogP contribution in [-0.4, -0.2) is 68.9 Å². The average Bonchev–Trinajstić information content (AvgIpc) is 2.72. The molecule has 1 amide bonds. The zero-order chi connectivity index (χ0) is 26.2. The summed E-state index contributed by atoms with van der Waals surface area (Å²) in [5.41, 5.74) is 10.5. The molecule has 12 nitrogen and oxygen atoms in total. The van der Waals surface area contributed by atoms with Gasteiger partial charge in [0.2, 0.25) is 0 Å². The molecule has 4 rings (SSSR count). The number of rotatable bonds is 2. The minimum absolute atomic E-state index is 0.0755. The van der Waals surface area contributed by atoms with E-state index in [1.165, 1.54) is 25.1 Å². The van der Waals surface area contributed by atoms with Gasteiger partial charge < -0.3 is 32.5 Å². The van der Waals surface area contributed by atoms with Crippen molar-refractivity contribution in [2.45, 2.75) is 30.0 Å². The monoisotopic (exact) mass is 478 g/mol. The SMILES string of the molecule is CN(C)[C@@H]1C(=O)C(C(N)=O)=C(O)[C@@]2(C#N)C(=O)C3=C(O)c4c(O)ccc(C#N)c4C[C@@]3(N)C[C@@]12N. The number of carbonyl (C=O) groups is 3. The summed E-state index contributed by atoms with van der Waals surface area (Å²) < 4.78 is 0. The van der Waals surface area contributed by atoms with Crippen molar-refractivity contribution in [1.29, 1.82) is 10.5 Å². The van der Waals surface area contributed by atoms with E-state index in [0.29, 0.717) is 0 Å². The number of likely N-dealkylation sites (N-methyl/N-ethyl adjacent to an activating group) is 1. The van der Waals surface area contributed by atoms with Crippen LogP contribution in [0, 0.1) is 28.1 Å². The number of carbonyl (C=O) groups excluding carboxylic acids is 3. The number of hydrogen-bond acceptors (Lipinski definition) is 11. The van der Waals surface area contributed by atoms with Crippen LogP contribution >= 0.6 is 0 Å². The van der Waals surface area contributed by atoms with E-state index in [1.54, 1.807) is 6.07 Å². The van der Waals surface area contributed by atoms with Crippen molar-refractivity contribution in [2.24, 2.45) is 22.6 Å². The second kappa shape index (κ2) is 7.13. The molecule has 0 aliphatic heterocycles. The summed E-state index contributed by atoms with van der Waals surface area (Å²) in [6.45, 7) is 0. The summed E-state index contributed by atoms with van der Waals surface area (Å²) in [6.07, 6.45) is -0.754. The van der Waals surface area contributed by atoms with Crippen molar-refractivity contribution >= 4 is 23.2 Å². The number of aliphatic hydroxyl groups excluding tert-OH is 2. The normalized spacial score (nSPS) is 31.9. The fraction of sp³-hybridized carbons (Fsp3) is 0.348. The van der Waals surface area contributed by atoms with Crippen molar-refractivity contribution in [3.05, 3.63) is 45.7 Å². The van der Waals surface area contributed by atoms with Gasteiger partial charge in [0.15, 0.2) is 17.0 Å². The van der Waals surface area contributed by atoms with Crippen LogP contribution in [0.15, 0.2) is 29.0 Å². The number of nitrogens with two attached hydrogens (primary N) is 3. The van der Waals surface area contributed by atoms with Crippen LogP contribution in [0.4, 0.5) is 0 Å². The fourth-order valence-electron chi connectivity index (χ4n) is 5.94. The molecule has 0 heterocycles. The van der Waals surface area contributed by atoms with Crippen LogP contribution in [-0.2, 0) is 20.8 Å². The number of aliphatic hydroxyl groups is 2. The number of fused-ring (bicyclic) bond motifs is 3. The number of phenolic OH excluding ortho intramolecular Hbond substituents is 1. The number of primary amides is 1. The van der Waals surface area contributed by atoms with E-state index in [2.05, 4.69) is 0 Å². The lowest BCUT2D eigenvalue weighted by molar-refractivity contribution is -0.139. The number of nitrogens with zero attached hydrogens (tertiary/aromatic N) is 3. The van der Waals surface area contributed by atoms with Gasteiger partial charge >= 0.3 is 0 Å². The fourth-order valence-corrected chi connectivity index (χ4v) is 5.94. The number of amides is 1. The molecule has 12 heteroatoms. The van der Waals surface area contributed by atoms with E-state index < -0.39 is 74.8 Å². The lowest BCUT2D eigenvalue weighted by Crippen LogP contribution is -2.80. The average molecular weight is 478 g/mol. The smallest absolute Gasteiger partial charge is 0.255 e. The van der Waals surface area contributed by atoms with Gasteiger partial charge in [-0.3, -0.25) is 19.3 Å². The third-order valence-corrected chi connectivity index (χ3v) is 7.25. The minimum Gasteiger partial charge on any atom is -0.509 e. The molecule has 1 fully saturated rings. The maximum atomic E-state index is 14.1. The molecule has 3 aliphatic rings. The molecule has 1 aromatic carbocycles. The lowest BCUT2D eigenvalue weighted by atomic mass is 9.47. The Morgan fingerprint density at radius 2 is 1.80 bits per heavy atom. The Morgan fingerprint density at radius 1 is 1.17 bits per heavy atom. The standard InChI is InChI=1S/C23H22N6O6/c1-29(2)17-16(32)13(20(26)35)18(33)22(8-25)19(34)14-15(31)12-10(9(6-24)3-4-11(12)30)5-21(14,27)7-23(17,22)28/h3-4,17,30-31,33H,5,7,27-28H2,1-2H3,(H2,26,35)/t17-,21-,22+,23-/m1/s1. The summed E-state index contributed by atoms with van der Waals surface area (Å²) in [5, 5.41) is 52.5. The lowest BCUT2D eigenvalue weighted by Gasteiger charge is -2.58. The van der Waals surface area contributed by atoms with Crippen LogP contribution in [0.5, 0.6) is 5.75 Å². The van der Waals surface area contributed by atoms with Gasteiger partial charge in [0.1, 0.15) is 22.8 Å². The van der Waals surface area contributed by atoms with E-state index in [4.69, 9.17) is 17.2 Å². The topological polar surface area (TPSA) is 241 Å². The number of aromatic hydroxyl groups is 1. The second-order valence-corrected chi connectivity index (χ2v) is 9.38. The summed E-state index contributed by atoms with van der Waals surface area (Å²) in [4.78, 5) is 40.8. The van der Waals surface area contributed by atoms with Crippen LogP contribution in [0.1, 0.15) is 23.1 Å². The molecule has 0 saturated heterocycles. The maximum Gasteiger partial charge on any atom is 0.255 e. The Morgan fingerprint density at radius 3 is 2.31 bits per heavy atom. The number of benzene rings is 1. The van der Waals surface area contributed by atoms with Crippen LogP contribution in [0.2, 0.25) is 0 Å². The number of nitriles is 2. The molecule has 35 heavy (non-hydrogen) atoms. The molecule has 1 aromatic rings. The van der Waals surface area contributed by atoms with Crippen molar-refractivity contribution in [3.63, 3.8) is 0 Å². The zero-order valence-electron chi connectivity index (χ0n) is 18.8. The molecule has 4 atom stereocenters. The molecular formula is C23H22N6O6. The van der Waals surface area contributed by atoms with Gasteiger partial charge in [0, 0.05) is 0 Å². The molecule has 0 unspecified atom stereocenters. The first-order valence-electron chi connectivity index (χ1n) is 10.4. The predicted octanol–water partition coefficient (Wildman–Crippen LogP) is -1.22. The van der Waals surface area contributed by atoms with Crippen molar-refractivity contribution in [2.75, 3.05) is 14.1 Å². The summed E-state index contributed by atoms with van der Waals surface area (Å²) >= 11 is 0. The highest BCUT2D eigenvalue weighted by molar-refractivity contribution is 6.25. The molecule has 0 spiro atoms. The summed E-state index contributed by atoms with van der Waals surface area (Å²) in [5.74, 6) is -6.05. The number of ketones is 2. The summed E-state index contributed by atoms with van der Waals surface area (Å²) in [7, 11) is 2.86. The number of Topliss-reactive ketones (excluding diaryl/α,β-unsaturated/α-hetero) is 2. The van der Waals surface area contributed by atoms with Gasteiger partial charge in [-0.05, 0) is 44.6 Å². The zero-order valence-corrected chi connectivity index (χ0v) is 18.8. The van der Waals surface area contributed by atoms with Crippen molar-refractivity contribution < 1.29 is 29.7 Å². The Balaban J connectivity index is 2.16. The second-order valence-electron chi connectivity index (χ2n) is 9.38. The first-order valence-corrected chi connectivity index (χ1v) is 10.4. The molecule has 0 aromatic heterocycles. The van der Waals surface area contributed by atoms with Crippen molar-refractivity contribution in [3.8, 4) is 17.9 Å². The highest BCUT2D eigenvalue weighted by atomic mass is 16.3. The minimum atomic E-state index is -2.72. The number of phenols is 1. The first kappa shape index (κ1) is 23.9. The number of hydrogen-bond donors (Lipinski definition) is 6. The molecule has 1 saturated carbocycles. The van der Waals surface area contributed by atoms with Gasteiger partial charge in [-0.15, -0.1) is 0 Å². The van der Waals surface area contributed by atoms with Crippen LogP contribution < -0.4 is 17.2 Å². The molecule has 3 aliphatic carbocycles. The van der Waals surface area contributed by atoms with Gasteiger partial charge in [-0.2, -0.15) is 10.5 Å². The quantitative estimate of drug-likeness (QED) is 0.275. The van der Waals surface area contributed by atoms with E-state index in [9.17, 15) is 40.2 Å². The molecular weight excluding hydrogens is 456 g/mol. The van der Waals surface area contributed by atoms with E-state index in [-0.39, 0.29) is 23.1 Å². The first-order chi connectivity index (χ1) is 16.2. The Hall–Kier alpha value is -4.23. The van der Waals surface area contributed by atoms with Gasteiger partial charge in [0.05, 0.1) is 46.0 Å². The van der Waals surface area contributed by atoms with Gasteiger partial charge in [-0.1, -0.05) is 0 Å². The Kier molecular flexibility index (Phi) is 4.87. The van der Waals surface area contributed by atoms with Gasteiger partial charge in [0.25, 0.3) is 5.91 Å². The summed E-state index contributed by atoms with van der Waals surface area (Å²) in [6, 6.07) is 4.62. The Labute approximate surface area is 199 Å². The maximum absolute atomic E-state index is 14.1. The molecule has 180 valence electrons. The largest absolute Gasteiger partial charge is 0.509 e. The highest BCUT2D eigenvalue weighted by Gasteiger charge is 2.74. The molecule has 0 radical (unpaired) electrons. The Bertz CT molecular complexity index is 1400. The van der Waals surface area contributed by atoms with E-state index >= 15 is 0 Å². The molecule has 9 N–H and O–H groups in total. The third-order valence-electron chi connectivity index (χ3n) is 7.25. The predicted molar refractivity (Wildman–Crippen MR) is 119 cm³/mol. The molecule has 0 bridgehead atoms. The van der Waals surface area contributed by atoms with E-state index in [0.717, 1.165) is 6.07 Å². The van der Waals surface area contributed by atoms with Crippen molar-refractivity contribution in [1.82, 2.24) is 4.90 Å². The third kappa shape index (κ3) is 2.61. The van der Waals surface area contributed by atoms with E-state index in [1.807, 2.05) is 6.07 Å².